The molecular weight excluding hydrogens is 338 g/mol. The van der Waals surface area contributed by atoms with Crippen molar-refractivity contribution in [2.75, 3.05) is 18.0 Å². The molecule has 2 aromatic heterocycles. The Kier molecular flexibility index (Phi) is 4.09. The highest BCUT2D eigenvalue weighted by molar-refractivity contribution is 5.51. The minimum absolute atomic E-state index is 0.761. The van der Waals surface area contributed by atoms with Gasteiger partial charge in [-0.2, -0.15) is 0 Å². The van der Waals surface area contributed by atoms with E-state index in [0.717, 1.165) is 63.2 Å². The molecule has 2 aliphatic heterocycles. The highest BCUT2D eigenvalue weighted by atomic mass is 15.3. The molecule has 138 valence electrons. The number of rotatable bonds is 3. The zero-order valence-corrected chi connectivity index (χ0v) is 15.5. The van der Waals surface area contributed by atoms with Crippen molar-refractivity contribution < 1.29 is 0 Å². The Balaban J connectivity index is 1.40. The van der Waals surface area contributed by atoms with Crippen LogP contribution in [0.4, 0.5) is 5.82 Å². The fourth-order valence-corrected chi connectivity index (χ4v) is 4.07. The molecule has 0 atom stereocenters. The molecule has 0 saturated carbocycles. The third-order valence-corrected chi connectivity index (χ3v) is 5.42. The molecule has 7 heteroatoms. The van der Waals surface area contributed by atoms with Crippen LogP contribution in [0.15, 0.2) is 36.7 Å². The van der Waals surface area contributed by atoms with E-state index in [9.17, 15) is 0 Å². The Bertz CT molecular complexity index is 950. The first kappa shape index (κ1) is 16.4. The number of anilines is 1. The molecule has 0 fully saturated rings. The van der Waals surface area contributed by atoms with Crippen molar-refractivity contribution in [1.29, 1.82) is 0 Å². The van der Waals surface area contributed by atoms with Crippen molar-refractivity contribution in [2.24, 2.45) is 0 Å². The Morgan fingerprint density at radius 3 is 2.78 bits per heavy atom. The maximum atomic E-state index is 4.82. The summed E-state index contributed by atoms with van der Waals surface area (Å²) in [4.78, 5) is 14.4. The molecule has 2 aliphatic rings. The van der Waals surface area contributed by atoms with Gasteiger partial charge in [-0.25, -0.2) is 9.97 Å². The maximum absolute atomic E-state index is 4.82. The predicted molar refractivity (Wildman–Crippen MR) is 102 cm³/mol. The smallest absolute Gasteiger partial charge is 0.152 e. The first-order valence-corrected chi connectivity index (χ1v) is 9.50. The lowest BCUT2D eigenvalue weighted by atomic mass is 10.0. The van der Waals surface area contributed by atoms with Gasteiger partial charge >= 0.3 is 0 Å². The van der Waals surface area contributed by atoms with Gasteiger partial charge in [-0.1, -0.05) is 30.3 Å². The summed E-state index contributed by atoms with van der Waals surface area (Å²) in [5, 5.41) is 8.28. The molecule has 4 heterocycles. The second-order valence-electron chi connectivity index (χ2n) is 7.33. The number of aryl methyl sites for hydroxylation is 1. The van der Waals surface area contributed by atoms with Crippen LogP contribution in [0.5, 0.6) is 0 Å². The third-order valence-electron chi connectivity index (χ3n) is 5.42. The fraction of sp³-hybridized carbons (Fsp3) is 0.400. The number of nitrogens with zero attached hydrogens (tertiary/aromatic N) is 7. The number of aromatic nitrogens is 5. The molecule has 27 heavy (non-hydrogen) atoms. The summed E-state index contributed by atoms with van der Waals surface area (Å²) in [5.74, 6) is 2.94. The van der Waals surface area contributed by atoms with E-state index in [2.05, 4.69) is 54.9 Å². The fourth-order valence-electron chi connectivity index (χ4n) is 4.07. The summed E-state index contributed by atoms with van der Waals surface area (Å²) in [5.41, 5.74) is 3.83. The quantitative estimate of drug-likeness (QED) is 0.711. The van der Waals surface area contributed by atoms with E-state index in [1.165, 1.54) is 16.8 Å². The average molecular weight is 361 g/mol. The number of benzene rings is 1. The zero-order valence-electron chi connectivity index (χ0n) is 15.5. The van der Waals surface area contributed by atoms with Crippen molar-refractivity contribution in [1.82, 2.24) is 29.6 Å². The van der Waals surface area contributed by atoms with Crippen molar-refractivity contribution in [3.63, 3.8) is 0 Å². The predicted octanol–water partition coefficient (Wildman–Crippen LogP) is 1.96. The van der Waals surface area contributed by atoms with E-state index in [4.69, 9.17) is 9.97 Å². The van der Waals surface area contributed by atoms with E-state index in [0.29, 0.717) is 0 Å². The molecule has 0 bridgehead atoms. The van der Waals surface area contributed by atoms with Gasteiger partial charge in [0.05, 0.1) is 12.2 Å². The molecule has 0 amide bonds. The van der Waals surface area contributed by atoms with Gasteiger partial charge in [0.15, 0.2) is 5.82 Å². The minimum atomic E-state index is 0.761. The Morgan fingerprint density at radius 1 is 1.00 bits per heavy atom. The summed E-state index contributed by atoms with van der Waals surface area (Å²) < 4.78 is 2.12. The SMILES string of the molecule is Cc1nc2c(c(N3CCn4cnnc4C3)n1)CCN(Cc1ccccc1)C2. The largest absolute Gasteiger partial charge is 0.347 e. The molecule has 0 N–H and O–H groups in total. The zero-order chi connectivity index (χ0) is 18.2. The average Bonchev–Trinajstić information content (AvgIpc) is 3.15. The molecule has 1 aromatic carbocycles. The highest BCUT2D eigenvalue weighted by Crippen LogP contribution is 2.29. The van der Waals surface area contributed by atoms with Crippen molar-refractivity contribution in [3.05, 3.63) is 65.1 Å². The maximum Gasteiger partial charge on any atom is 0.152 e. The van der Waals surface area contributed by atoms with Gasteiger partial charge in [0.25, 0.3) is 0 Å². The van der Waals surface area contributed by atoms with Crippen molar-refractivity contribution in [3.8, 4) is 0 Å². The molecule has 7 nitrogen and oxygen atoms in total. The van der Waals surface area contributed by atoms with Crippen LogP contribution in [0.25, 0.3) is 0 Å². The number of hydrogen-bond donors (Lipinski definition) is 0. The summed E-state index contributed by atoms with van der Waals surface area (Å²) >= 11 is 0. The lowest BCUT2D eigenvalue weighted by Crippen LogP contribution is -2.37. The molecule has 5 rings (SSSR count). The number of fused-ring (bicyclic) bond motifs is 2. The van der Waals surface area contributed by atoms with E-state index >= 15 is 0 Å². The second-order valence-corrected chi connectivity index (χ2v) is 7.33. The van der Waals surface area contributed by atoms with Crippen LogP contribution in [-0.2, 0) is 32.6 Å². The summed E-state index contributed by atoms with van der Waals surface area (Å²) in [6, 6.07) is 10.7. The number of hydrogen-bond acceptors (Lipinski definition) is 6. The first-order valence-electron chi connectivity index (χ1n) is 9.50. The monoisotopic (exact) mass is 361 g/mol. The highest BCUT2D eigenvalue weighted by Gasteiger charge is 2.27. The van der Waals surface area contributed by atoms with E-state index in [1.54, 1.807) is 0 Å². The van der Waals surface area contributed by atoms with Gasteiger partial charge < -0.3 is 9.47 Å². The van der Waals surface area contributed by atoms with Crippen LogP contribution in [0.2, 0.25) is 0 Å². The molecule has 3 aromatic rings. The van der Waals surface area contributed by atoms with Crippen molar-refractivity contribution >= 4 is 5.82 Å². The van der Waals surface area contributed by atoms with E-state index in [-0.39, 0.29) is 0 Å². The van der Waals surface area contributed by atoms with Crippen LogP contribution in [-0.4, -0.2) is 42.7 Å². The van der Waals surface area contributed by atoms with Gasteiger partial charge in [-0.15, -0.1) is 10.2 Å². The summed E-state index contributed by atoms with van der Waals surface area (Å²) in [7, 11) is 0. The van der Waals surface area contributed by atoms with Gasteiger partial charge in [0, 0.05) is 38.3 Å². The van der Waals surface area contributed by atoms with Crippen LogP contribution >= 0.6 is 0 Å². The molecule has 0 unspecified atom stereocenters. The molecule has 0 saturated heterocycles. The topological polar surface area (TPSA) is 63.0 Å². The second kappa shape index (κ2) is 6.74. The normalized spacial score (nSPS) is 16.9. The summed E-state index contributed by atoms with van der Waals surface area (Å²) in [6.45, 7) is 7.46. The standard InChI is InChI=1S/C20H23N7/c1-15-22-18-12-25(11-16-5-3-2-4-6-16)8-7-17(18)20(23-15)26-9-10-27-14-21-24-19(27)13-26/h2-6,14H,7-13H2,1H3. The van der Waals surface area contributed by atoms with E-state index in [1.807, 2.05) is 13.3 Å². The lowest BCUT2D eigenvalue weighted by Gasteiger charge is -2.34. The van der Waals surface area contributed by atoms with Gasteiger partial charge in [-0.3, -0.25) is 4.90 Å². The summed E-state index contributed by atoms with van der Waals surface area (Å²) in [6.07, 6.45) is 2.80. The molecule has 0 aliphatic carbocycles. The first-order chi connectivity index (χ1) is 13.3. The Labute approximate surface area is 158 Å². The molecule has 0 radical (unpaired) electrons. The van der Waals surface area contributed by atoms with E-state index < -0.39 is 0 Å². The lowest BCUT2D eigenvalue weighted by molar-refractivity contribution is 0.241. The van der Waals surface area contributed by atoms with Gasteiger partial charge in [-0.05, 0) is 18.9 Å². The van der Waals surface area contributed by atoms with Crippen LogP contribution in [0, 0.1) is 6.92 Å². The van der Waals surface area contributed by atoms with Gasteiger partial charge in [0.1, 0.15) is 18.0 Å². The third kappa shape index (κ3) is 3.19. The Morgan fingerprint density at radius 2 is 1.89 bits per heavy atom. The Hall–Kier alpha value is -2.80. The van der Waals surface area contributed by atoms with Crippen LogP contribution in [0.1, 0.15) is 28.5 Å². The van der Waals surface area contributed by atoms with Crippen molar-refractivity contribution in [2.45, 2.75) is 39.5 Å². The minimum Gasteiger partial charge on any atom is -0.347 e. The van der Waals surface area contributed by atoms with Gasteiger partial charge in [0.2, 0.25) is 0 Å². The molecule has 0 spiro atoms. The molecular formula is C20H23N7. The van der Waals surface area contributed by atoms with Crippen LogP contribution in [0.3, 0.4) is 0 Å². The van der Waals surface area contributed by atoms with Crippen LogP contribution < -0.4 is 4.90 Å².